The fourth-order valence-electron chi connectivity index (χ4n) is 1.73. The van der Waals surface area contributed by atoms with Crippen molar-refractivity contribution in [3.05, 3.63) is 35.7 Å². The lowest BCUT2D eigenvalue weighted by atomic mass is 10.1. The molecular weight excluding hydrogens is 263 g/mol. The third-order valence-corrected chi connectivity index (χ3v) is 3.28. The van der Waals surface area contributed by atoms with Gasteiger partial charge in [0.15, 0.2) is 0 Å². The Morgan fingerprint density at radius 1 is 1.37 bits per heavy atom. The summed E-state index contributed by atoms with van der Waals surface area (Å²) in [6.07, 6.45) is 2.44. The topological polar surface area (TPSA) is 50.7 Å². The van der Waals surface area contributed by atoms with Crippen LogP contribution in [0.1, 0.15) is 38.3 Å². The van der Waals surface area contributed by atoms with Gasteiger partial charge in [-0.1, -0.05) is 13.8 Å². The number of nitrogens with zero attached hydrogens (tertiary/aromatic N) is 3. The molecule has 0 aliphatic heterocycles. The molecule has 0 spiro atoms. The Hall–Kier alpha value is -1.56. The smallest absolute Gasteiger partial charge is 0.203 e. The van der Waals surface area contributed by atoms with Gasteiger partial charge in [0, 0.05) is 24.2 Å². The average Bonchev–Trinajstić information content (AvgIpc) is 2.76. The van der Waals surface area contributed by atoms with Crippen LogP contribution in [-0.2, 0) is 6.42 Å². The van der Waals surface area contributed by atoms with Gasteiger partial charge in [0.2, 0.25) is 5.13 Å². The van der Waals surface area contributed by atoms with Gasteiger partial charge in [-0.25, -0.2) is 9.37 Å². The highest BCUT2D eigenvalue weighted by Gasteiger charge is 2.14. The van der Waals surface area contributed by atoms with Crippen LogP contribution in [0.15, 0.2) is 18.3 Å². The van der Waals surface area contributed by atoms with E-state index in [2.05, 4.69) is 33.5 Å². The Morgan fingerprint density at radius 2 is 2.16 bits per heavy atom. The first-order chi connectivity index (χ1) is 9.06. The van der Waals surface area contributed by atoms with Gasteiger partial charge >= 0.3 is 0 Å². The van der Waals surface area contributed by atoms with Crippen molar-refractivity contribution in [2.45, 2.75) is 33.2 Å². The second kappa shape index (κ2) is 6.06. The van der Waals surface area contributed by atoms with Gasteiger partial charge in [0.25, 0.3) is 0 Å². The maximum atomic E-state index is 13.6. The molecule has 0 aliphatic rings. The van der Waals surface area contributed by atoms with E-state index in [-0.39, 0.29) is 11.9 Å². The summed E-state index contributed by atoms with van der Waals surface area (Å²) in [7, 11) is 0. The van der Waals surface area contributed by atoms with E-state index in [1.807, 2.05) is 6.92 Å². The molecule has 102 valence electrons. The number of nitrogens with one attached hydrogen (secondary N) is 1. The van der Waals surface area contributed by atoms with Gasteiger partial charge in [0.1, 0.15) is 11.6 Å². The summed E-state index contributed by atoms with van der Waals surface area (Å²) in [5.41, 5.74) is 0.392. The monoisotopic (exact) mass is 280 g/mol. The van der Waals surface area contributed by atoms with Gasteiger partial charge in [-0.05, 0) is 25.0 Å². The van der Waals surface area contributed by atoms with Crippen LogP contribution in [0.2, 0.25) is 0 Å². The van der Waals surface area contributed by atoms with E-state index < -0.39 is 0 Å². The molecule has 19 heavy (non-hydrogen) atoms. The summed E-state index contributed by atoms with van der Waals surface area (Å²) in [6, 6.07) is 2.75. The first kappa shape index (κ1) is 13.9. The van der Waals surface area contributed by atoms with E-state index in [1.165, 1.54) is 17.6 Å². The summed E-state index contributed by atoms with van der Waals surface area (Å²) in [5.74, 6) is 1.04. The molecule has 2 aromatic rings. The number of hydrogen-bond acceptors (Lipinski definition) is 5. The van der Waals surface area contributed by atoms with E-state index >= 15 is 0 Å². The molecule has 0 saturated carbocycles. The Bertz CT molecular complexity index is 541. The highest BCUT2D eigenvalue weighted by atomic mass is 32.1. The first-order valence-corrected chi connectivity index (χ1v) is 7.03. The maximum Gasteiger partial charge on any atom is 0.203 e. The zero-order valence-electron chi connectivity index (χ0n) is 11.2. The highest BCUT2D eigenvalue weighted by Crippen LogP contribution is 2.21. The van der Waals surface area contributed by atoms with Crippen molar-refractivity contribution in [3.63, 3.8) is 0 Å². The van der Waals surface area contributed by atoms with Crippen molar-refractivity contribution in [1.82, 2.24) is 14.3 Å². The Balaban J connectivity index is 2.05. The van der Waals surface area contributed by atoms with Gasteiger partial charge < -0.3 is 5.32 Å². The van der Waals surface area contributed by atoms with Crippen molar-refractivity contribution in [2.75, 3.05) is 5.32 Å². The van der Waals surface area contributed by atoms with Crippen molar-refractivity contribution >= 4 is 16.7 Å². The summed E-state index contributed by atoms with van der Waals surface area (Å²) < 4.78 is 17.9. The minimum absolute atomic E-state index is 0.235. The summed E-state index contributed by atoms with van der Waals surface area (Å²) in [6.45, 7) is 6.11. The van der Waals surface area contributed by atoms with Crippen LogP contribution in [0.5, 0.6) is 0 Å². The van der Waals surface area contributed by atoms with Crippen molar-refractivity contribution < 1.29 is 4.39 Å². The molecule has 0 aromatic carbocycles. The van der Waals surface area contributed by atoms with Crippen LogP contribution in [0.3, 0.4) is 0 Å². The molecule has 2 rings (SSSR count). The summed E-state index contributed by atoms with van der Waals surface area (Å²) in [4.78, 5) is 8.44. The zero-order chi connectivity index (χ0) is 13.8. The number of hydrogen-bond donors (Lipinski definition) is 1. The summed E-state index contributed by atoms with van der Waals surface area (Å²) >= 11 is 1.30. The fraction of sp³-hybridized carbons (Fsp3) is 0.462. The van der Waals surface area contributed by atoms with Gasteiger partial charge in [0.05, 0.1) is 11.7 Å². The maximum absolute atomic E-state index is 13.6. The van der Waals surface area contributed by atoms with Gasteiger partial charge in [-0.3, -0.25) is 4.98 Å². The third kappa shape index (κ3) is 3.70. The predicted octanol–water partition coefficient (Wildman–Crippen LogP) is 3.44. The van der Waals surface area contributed by atoms with E-state index in [9.17, 15) is 4.39 Å². The van der Waals surface area contributed by atoms with Crippen LogP contribution in [0.25, 0.3) is 0 Å². The lowest BCUT2D eigenvalue weighted by molar-refractivity contribution is 0.587. The lowest BCUT2D eigenvalue weighted by Crippen LogP contribution is -2.10. The van der Waals surface area contributed by atoms with Crippen LogP contribution < -0.4 is 5.32 Å². The standard InChI is InChI=1S/C13H17FN4S/c1-8(2)7-11-17-13(19-18-11)16-9(3)12-10(14)5-4-6-15-12/h4-6,8-9H,7H2,1-3H3,(H,16,17,18)/t9-/m0/s1. The molecule has 1 atom stereocenters. The van der Waals surface area contributed by atoms with Crippen molar-refractivity contribution in [3.8, 4) is 0 Å². The highest BCUT2D eigenvalue weighted by molar-refractivity contribution is 7.09. The van der Waals surface area contributed by atoms with Crippen LogP contribution in [0, 0.1) is 11.7 Å². The lowest BCUT2D eigenvalue weighted by Gasteiger charge is -2.12. The molecular formula is C13H17FN4S. The Kier molecular flexibility index (Phi) is 4.42. The molecule has 0 unspecified atom stereocenters. The largest absolute Gasteiger partial charge is 0.352 e. The molecule has 0 fully saturated rings. The fourth-order valence-corrected chi connectivity index (χ4v) is 2.41. The van der Waals surface area contributed by atoms with Crippen LogP contribution in [0.4, 0.5) is 9.52 Å². The van der Waals surface area contributed by atoms with Crippen LogP contribution >= 0.6 is 11.5 Å². The SMILES string of the molecule is CC(C)Cc1nsc(N[C@@H](C)c2ncccc2F)n1. The minimum Gasteiger partial charge on any atom is -0.352 e. The normalized spacial score (nSPS) is 12.7. The first-order valence-electron chi connectivity index (χ1n) is 6.25. The Labute approximate surface area is 116 Å². The average molecular weight is 280 g/mol. The molecule has 0 radical (unpaired) electrons. The molecule has 0 aliphatic carbocycles. The third-order valence-electron chi connectivity index (χ3n) is 2.60. The molecule has 0 saturated heterocycles. The Morgan fingerprint density at radius 3 is 2.84 bits per heavy atom. The molecule has 4 nitrogen and oxygen atoms in total. The van der Waals surface area contributed by atoms with Gasteiger partial charge in [-0.2, -0.15) is 4.37 Å². The second-order valence-corrected chi connectivity index (χ2v) is 5.60. The molecule has 2 aromatic heterocycles. The minimum atomic E-state index is -0.311. The van der Waals surface area contributed by atoms with Gasteiger partial charge in [-0.15, -0.1) is 0 Å². The molecule has 0 bridgehead atoms. The van der Waals surface area contributed by atoms with E-state index in [0.717, 1.165) is 12.2 Å². The number of anilines is 1. The van der Waals surface area contributed by atoms with Crippen molar-refractivity contribution in [1.29, 1.82) is 0 Å². The molecule has 2 heterocycles. The van der Waals surface area contributed by atoms with E-state index in [0.29, 0.717) is 16.7 Å². The zero-order valence-corrected chi connectivity index (χ0v) is 12.0. The number of aromatic nitrogens is 3. The summed E-state index contributed by atoms with van der Waals surface area (Å²) in [5, 5.41) is 3.84. The number of rotatable bonds is 5. The van der Waals surface area contributed by atoms with Crippen LogP contribution in [-0.4, -0.2) is 14.3 Å². The van der Waals surface area contributed by atoms with Crippen molar-refractivity contribution in [2.24, 2.45) is 5.92 Å². The quantitative estimate of drug-likeness (QED) is 0.911. The molecule has 6 heteroatoms. The molecule has 0 amide bonds. The molecule has 1 N–H and O–H groups in total. The van der Waals surface area contributed by atoms with E-state index in [4.69, 9.17) is 0 Å². The second-order valence-electron chi connectivity index (χ2n) is 4.85. The van der Waals surface area contributed by atoms with E-state index in [1.54, 1.807) is 12.3 Å². The predicted molar refractivity (Wildman–Crippen MR) is 74.7 cm³/mol. The number of pyridine rings is 1. The number of halogens is 1.